The van der Waals surface area contributed by atoms with Gasteiger partial charge in [-0.1, -0.05) is 43.7 Å². The van der Waals surface area contributed by atoms with E-state index in [0.717, 1.165) is 41.6 Å². The second kappa shape index (κ2) is 7.36. The highest BCUT2D eigenvalue weighted by atomic mass is 32.2. The lowest BCUT2D eigenvalue weighted by molar-refractivity contribution is 0.0981. The number of hydrogen-bond donors (Lipinski definition) is 2. The molecule has 0 aliphatic heterocycles. The van der Waals surface area contributed by atoms with E-state index in [2.05, 4.69) is 28.8 Å². The van der Waals surface area contributed by atoms with Crippen molar-refractivity contribution in [3.8, 4) is 11.3 Å². The molecule has 8 heteroatoms. The van der Waals surface area contributed by atoms with Crippen LogP contribution in [0.15, 0.2) is 47.6 Å². The average Bonchev–Trinajstić information content (AvgIpc) is 3.23. The third kappa shape index (κ3) is 3.75. The molecule has 1 amide bonds. The van der Waals surface area contributed by atoms with Gasteiger partial charge in [0.25, 0.3) is 15.9 Å². The standard InChI is InChI=1S/C22H24N4O3S/c1-14-6-8-15(9-7-14)19-17(13-16-5-4-11-22(2,3)20(16)24-19)21(27)26-30(28,29)18-10-12-23-25-18/h6-10,12-13H,4-5,11H2,1-3H3,(H,23,25)(H,26,27). The highest BCUT2D eigenvalue weighted by Crippen LogP contribution is 2.38. The largest absolute Gasteiger partial charge is 0.281 e. The Balaban J connectivity index is 1.83. The Morgan fingerprint density at radius 3 is 2.57 bits per heavy atom. The summed E-state index contributed by atoms with van der Waals surface area (Å²) in [7, 11) is -4.06. The van der Waals surface area contributed by atoms with Crippen molar-refractivity contribution in [1.82, 2.24) is 19.9 Å². The van der Waals surface area contributed by atoms with Crippen LogP contribution in [0.25, 0.3) is 11.3 Å². The molecule has 0 radical (unpaired) electrons. The summed E-state index contributed by atoms with van der Waals surface area (Å²) in [4.78, 5) is 18.0. The SMILES string of the molecule is Cc1ccc(-c2nc3c(cc2C(=O)NS(=O)(=O)c2ccn[nH]2)CCCC3(C)C)cc1. The van der Waals surface area contributed by atoms with Gasteiger partial charge in [0.2, 0.25) is 0 Å². The Hall–Kier alpha value is -3.00. The first kappa shape index (κ1) is 20.3. The minimum Gasteiger partial charge on any atom is -0.268 e. The quantitative estimate of drug-likeness (QED) is 0.667. The van der Waals surface area contributed by atoms with Gasteiger partial charge in [-0.05, 0) is 43.9 Å². The lowest BCUT2D eigenvalue weighted by Crippen LogP contribution is -2.33. The van der Waals surface area contributed by atoms with Gasteiger partial charge in [-0.15, -0.1) is 0 Å². The van der Waals surface area contributed by atoms with Crippen molar-refractivity contribution in [2.24, 2.45) is 0 Å². The highest BCUT2D eigenvalue weighted by Gasteiger charge is 2.32. The number of sulfonamides is 1. The maximum absolute atomic E-state index is 13.1. The Morgan fingerprint density at radius 2 is 1.90 bits per heavy atom. The fraction of sp³-hybridized carbons (Fsp3) is 0.318. The molecule has 7 nitrogen and oxygen atoms in total. The van der Waals surface area contributed by atoms with E-state index in [9.17, 15) is 13.2 Å². The van der Waals surface area contributed by atoms with Gasteiger partial charge in [0.05, 0.1) is 17.5 Å². The summed E-state index contributed by atoms with van der Waals surface area (Å²) < 4.78 is 27.2. The van der Waals surface area contributed by atoms with Crippen LogP contribution in [-0.2, 0) is 21.9 Å². The van der Waals surface area contributed by atoms with E-state index in [-0.39, 0.29) is 16.0 Å². The van der Waals surface area contributed by atoms with Gasteiger partial charge >= 0.3 is 0 Å². The number of aromatic amines is 1. The van der Waals surface area contributed by atoms with Crippen LogP contribution in [0.2, 0.25) is 0 Å². The van der Waals surface area contributed by atoms with Gasteiger partial charge in [-0.2, -0.15) is 13.5 Å². The average molecular weight is 425 g/mol. The molecule has 0 spiro atoms. The molecule has 0 saturated carbocycles. The molecule has 2 aromatic heterocycles. The summed E-state index contributed by atoms with van der Waals surface area (Å²) in [6, 6.07) is 10.8. The van der Waals surface area contributed by atoms with Gasteiger partial charge in [-0.25, -0.2) is 4.72 Å². The molecule has 1 aliphatic carbocycles. The predicted molar refractivity (Wildman–Crippen MR) is 114 cm³/mol. The number of hydrogen-bond acceptors (Lipinski definition) is 5. The van der Waals surface area contributed by atoms with Crippen molar-refractivity contribution in [3.05, 3.63) is 65.0 Å². The van der Waals surface area contributed by atoms with E-state index in [4.69, 9.17) is 4.98 Å². The van der Waals surface area contributed by atoms with Crippen LogP contribution in [0.4, 0.5) is 0 Å². The number of aromatic nitrogens is 3. The molecule has 1 aromatic carbocycles. The molecule has 1 aliphatic rings. The minimum absolute atomic E-state index is 0.107. The first-order valence-corrected chi connectivity index (χ1v) is 11.3. The summed E-state index contributed by atoms with van der Waals surface area (Å²) in [6.07, 6.45) is 4.14. The predicted octanol–water partition coefficient (Wildman–Crippen LogP) is 3.51. The molecule has 0 bridgehead atoms. The number of nitrogens with zero attached hydrogens (tertiary/aromatic N) is 2. The maximum atomic E-state index is 13.1. The van der Waals surface area contributed by atoms with Crippen LogP contribution >= 0.6 is 0 Å². The van der Waals surface area contributed by atoms with Crippen LogP contribution in [0.3, 0.4) is 0 Å². The molecule has 0 atom stereocenters. The molecular weight excluding hydrogens is 400 g/mol. The molecule has 3 aromatic rings. The fourth-order valence-corrected chi connectivity index (χ4v) is 4.78. The number of carbonyl (C=O) groups is 1. The summed E-state index contributed by atoms with van der Waals surface area (Å²) >= 11 is 0. The Kier molecular flexibility index (Phi) is 4.97. The normalized spacial score (nSPS) is 15.4. The van der Waals surface area contributed by atoms with Crippen molar-refractivity contribution in [2.75, 3.05) is 0 Å². The van der Waals surface area contributed by atoms with Crippen LogP contribution in [0, 0.1) is 6.92 Å². The van der Waals surface area contributed by atoms with Gasteiger partial charge in [0.15, 0.2) is 5.03 Å². The molecule has 0 fully saturated rings. The number of H-pyrrole nitrogens is 1. The van der Waals surface area contributed by atoms with Crippen LogP contribution in [0.1, 0.15) is 53.9 Å². The van der Waals surface area contributed by atoms with Crippen LogP contribution in [-0.4, -0.2) is 29.5 Å². The van der Waals surface area contributed by atoms with E-state index < -0.39 is 15.9 Å². The third-order valence-corrected chi connectivity index (χ3v) is 6.81. The van der Waals surface area contributed by atoms with Gasteiger partial charge < -0.3 is 0 Å². The summed E-state index contributed by atoms with van der Waals surface area (Å²) in [5.74, 6) is -0.709. The van der Waals surface area contributed by atoms with Crippen molar-refractivity contribution in [1.29, 1.82) is 0 Å². The first-order valence-electron chi connectivity index (χ1n) is 9.85. The number of aryl methyl sites for hydroxylation is 2. The molecule has 0 saturated heterocycles. The van der Waals surface area contributed by atoms with Gasteiger partial charge in [0.1, 0.15) is 0 Å². The number of nitrogens with one attached hydrogen (secondary N) is 2. The number of pyridine rings is 1. The van der Waals surface area contributed by atoms with Crippen molar-refractivity contribution in [3.63, 3.8) is 0 Å². The Labute approximate surface area is 176 Å². The summed E-state index contributed by atoms with van der Waals surface area (Å²) in [5.41, 5.74) is 4.45. The van der Waals surface area contributed by atoms with Crippen LogP contribution < -0.4 is 4.72 Å². The van der Waals surface area contributed by atoms with E-state index in [1.807, 2.05) is 31.2 Å². The zero-order chi connectivity index (χ0) is 21.5. The highest BCUT2D eigenvalue weighted by molar-refractivity contribution is 7.90. The number of rotatable bonds is 4. The molecule has 2 heterocycles. The van der Waals surface area contributed by atoms with E-state index in [0.29, 0.717) is 5.69 Å². The van der Waals surface area contributed by atoms with E-state index >= 15 is 0 Å². The molecule has 0 unspecified atom stereocenters. The summed E-state index contributed by atoms with van der Waals surface area (Å²) in [5, 5.41) is 5.86. The molecule has 2 N–H and O–H groups in total. The van der Waals surface area contributed by atoms with Gasteiger partial charge in [-0.3, -0.25) is 14.9 Å². The smallest absolute Gasteiger partial charge is 0.268 e. The van der Waals surface area contributed by atoms with Crippen LogP contribution in [0.5, 0.6) is 0 Å². The number of carbonyl (C=O) groups excluding carboxylic acids is 1. The maximum Gasteiger partial charge on any atom is 0.281 e. The van der Waals surface area contributed by atoms with Gasteiger partial charge in [0, 0.05) is 16.7 Å². The minimum atomic E-state index is -4.06. The van der Waals surface area contributed by atoms with E-state index in [1.165, 1.54) is 12.3 Å². The number of amides is 1. The first-order chi connectivity index (χ1) is 14.2. The Bertz CT molecular complexity index is 1200. The van der Waals surface area contributed by atoms with E-state index in [1.54, 1.807) is 6.07 Å². The third-order valence-electron chi connectivity index (χ3n) is 5.55. The molecule has 4 rings (SSSR count). The number of benzene rings is 1. The zero-order valence-electron chi connectivity index (χ0n) is 17.2. The Morgan fingerprint density at radius 1 is 1.17 bits per heavy atom. The topological polar surface area (TPSA) is 105 Å². The second-order valence-electron chi connectivity index (χ2n) is 8.35. The monoisotopic (exact) mass is 424 g/mol. The molecular formula is C22H24N4O3S. The zero-order valence-corrected chi connectivity index (χ0v) is 18.0. The molecule has 30 heavy (non-hydrogen) atoms. The summed E-state index contributed by atoms with van der Waals surface area (Å²) in [6.45, 7) is 6.29. The molecule has 156 valence electrons. The second-order valence-corrected chi connectivity index (χ2v) is 10.0. The number of fused-ring (bicyclic) bond motifs is 1. The van der Waals surface area contributed by atoms with Crippen molar-refractivity contribution in [2.45, 2.75) is 50.5 Å². The lowest BCUT2D eigenvalue weighted by Gasteiger charge is -2.32. The van der Waals surface area contributed by atoms with Crippen molar-refractivity contribution < 1.29 is 13.2 Å². The van der Waals surface area contributed by atoms with Crippen molar-refractivity contribution >= 4 is 15.9 Å². The lowest BCUT2D eigenvalue weighted by atomic mass is 9.75. The fourth-order valence-electron chi connectivity index (χ4n) is 3.90.